The first kappa shape index (κ1) is 13.8. The molecule has 0 saturated heterocycles. The number of pyridine rings is 1. The van der Waals surface area contributed by atoms with Gasteiger partial charge in [0.2, 0.25) is 0 Å². The van der Waals surface area contributed by atoms with Crippen molar-refractivity contribution in [2.24, 2.45) is 0 Å². The second kappa shape index (κ2) is 6.51. The summed E-state index contributed by atoms with van der Waals surface area (Å²) in [5.74, 6) is 0. The molecule has 0 spiro atoms. The van der Waals surface area contributed by atoms with Crippen LogP contribution in [0.3, 0.4) is 0 Å². The molecular weight excluding hydrogens is 256 g/mol. The molecule has 0 aliphatic rings. The molecule has 2 nitrogen and oxygen atoms in total. The number of rotatable bonds is 5. The first-order valence-corrected chi connectivity index (χ1v) is 7.49. The van der Waals surface area contributed by atoms with Gasteiger partial charge in [0.05, 0.1) is 5.52 Å². The Kier molecular flexibility index (Phi) is 4.27. The number of hydrogen-bond donors (Lipinski definition) is 1. The van der Waals surface area contributed by atoms with E-state index in [1.165, 1.54) is 16.5 Å². The van der Waals surface area contributed by atoms with Crippen molar-refractivity contribution in [3.8, 4) is 0 Å². The SMILES string of the molecule is CCNC(Cc1ccccc1)c1cnc2ccccc2c1. The van der Waals surface area contributed by atoms with Crippen molar-refractivity contribution in [2.45, 2.75) is 19.4 Å². The van der Waals surface area contributed by atoms with E-state index in [-0.39, 0.29) is 0 Å². The summed E-state index contributed by atoms with van der Waals surface area (Å²) in [4.78, 5) is 4.59. The molecule has 106 valence electrons. The molecule has 0 amide bonds. The van der Waals surface area contributed by atoms with Crippen molar-refractivity contribution in [1.29, 1.82) is 0 Å². The molecule has 0 bridgehead atoms. The quantitative estimate of drug-likeness (QED) is 0.758. The summed E-state index contributed by atoms with van der Waals surface area (Å²) < 4.78 is 0. The average Bonchev–Trinajstić information content (AvgIpc) is 2.55. The lowest BCUT2D eigenvalue weighted by molar-refractivity contribution is 0.549. The molecule has 1 aromatic heterocycles. The van der Waals surface area contributed by atoms with Gasteiger partial charge in [-0.15, -0.1) is 0 Å². The molecular formula is C19H20N2. The molecule has 2 heteroatoms. The Bertz CT molecular complexity index is 707. The summed E-state index contributed by atoms with van der Waals surface area (Å²) >= 11 is 0. The number of para-hydroxylation sites is 1. The highest BCUT2D eigenvalue weighted by molar-refractivity contribution is 5.78. The predicted molar refractivity (Wildman–Crippen MR) is 88.3 cm³/mol. The topological polar surface area (TPSA) is 24.9 Å². The lowest BCUT2D eigenvalue weighted by Gasteiger charge is -2.18. The van der Waals surface area contributed by atoms with Gasteiger partial charge in [0, 0.05) is 17.6 Å². The van der Waals surface area contributed by atoms with Crippen molar-refractivity contribution in [3.05, 3.63) is 78.0 Å². The molecule has 1 heterocycles. The normalized spacial score (nSPS) is 12.4. The molecule has 1 atom stereocenters. The van der Waals surface area contributed by atoms with Crippen LogP contribution in [-0.2, 0) is 6.42 Å². The Labute approximate surface area is 125 Å². The van der Waals surface area contributed by atoms with Crippen LogP contribution in [0.1, 0.15) is 24.1 Å². The number of nitrogens with one attached hydrogen (secondary N) is 1. The van der Waals surface area contributed by atoms with Gasteiger partial charge in [-0.25, -0.2) is 0 Å². The van der Waals surface area contributed by atoms with E-state index >= 15 is 0 Å². The van der Waals surface area contributed by atoms with Crippen LogP contribution in [0.5, 0.6) is 0 Å². The fraction of sp³-hybridized carbons (Fsp3) is 0.211. The van der Waals surface area contributed by atoms with Gasteiger partial charge in [0.1, 0.15) is 0 Å². The lowest BCUT2D eigenvalue weighted by Crippen LogP contribution is -2.23. The van der Waals surface area contributed by atoms with Crippen LogP contribution in [0.15, 0.2) is 66.9 Å². The zero-order chi connectivity index (χ0) is 14.5. The van der Waals surface area contributed by atoms with Crippen LogP contribution in [0, 0.1) is 0 Å². The number of likely N-dealkylation sites (N-methyl/N-ethyl adjacent to an activating group) is 1. The van der Waals surface area contributed by atoms with Gasteiger partial charge >= 0.3 is 0 Å². The Hall–Kier alpha value is -2.19. The molecule has 0 aliphatic heterocycles. The van der Waals surface area contributed by atoms with Gasteiger partial charge < -0.3 is 5.32 Å². The van der Waals surface area contributed by atoms with Gasteiger partial charge in [0.15, 0.2) is 0 Å². The number of hydrogen-bond acceptors (Lipinski definition) is 2. The Morgan fingerprint density at radius 3 is 2.57 bits per heavy atom. The highest BCUT2D eigenvalue weighted by atomic mass is 14.9. The van der Waals surface area contributed by atoms with Crippen molar-refractivity contribution in [3.63, 3.8) is 0 Å². The van der Waals surface area contributed by atoms with E-state index in [1.54, 1.807) is 0 Å². The van der Waals surface area contributed by atoms with Gasteiger partial charge in [0.25, 0.3) is 0 Å². The minimum Gasteiger partial charge on any atom is -0.310 e. The van der Waals surface area contributed by atoms with Crippen molar-refractivity contribution < 1.29 is 0 Å². The largest absolute Gasteiger partial charge is 0.310 e. The van der Waals surface area contributed by atoms with Crippen LogP contribution in [0.2, 0.25) is 0 Å². The van der Waals surface area contributed by atoms with Gasteiger partial charge in [-0.2, -0.15) is 0 Å². The van der Waals surface area contributed by atoms with Crippen LogP contribution in [0.25, 0.3) is 10.9 Å². The Morgan fingerprint density at radius 1 is 1.00 bits per heavy atom. The molecule has 0 saturated carbocycles. The zero-order valence-electron chi connectivity index (χ0n) is 12.3. The summed E-state index contributed by atoms with van der Waals surface area (Å²) in [6.45, 7) is 3.09. The van der Waals surface area contributed by atoms with Gasteiger partial charge in [-0.05, 0) is 36.2 Å². The van der Waals surface area contributed by atoms with Crippen molar-refractivity contribution in [2.75, 3.05) is 6.54 Å². The van der Waals surface area contributed by atoms with E-state index in [1.807, 2.05) is 12.3 Å². The van der Waals surface area contributed by atoms with Crippen LogP contribution >= 0.6 is 0 Å². The highest BCUT2D eigenvalue weighted by Crippen LogP contribution is 2.21. The highest BCUT2D eigenvalue weighted by Gasteiger charge is 2.12. The maximum Gasteiger partial charge on any atom is 0.0702 e. The third-order valence-electron chi connectivity index (χ3n) is 3.75. The monoisotopic (exact) mass is 276 g/mol. The smallest absolute Gasteiger partial charge is 0.0702 e. The first-order chi connectivity index (χ1) is 10.4. The molecule has 21 heavy (non-hydrogen) atoms. The Morgan fingerprint density at radius 2 is 1.76 bits per heavy atom. The fourth-order valence-corrected chi connectivity index (χ4v) is 2.68. The van der Waals surface area contributed by atoms with E-state index in [0.29, 0.717) is 6.04 Å². The van der Waals surface area contributed by atoms with Crippen molar-refractivity contribution in [1.82, 2.24) is 10.3 Å². The number of aromatic nitrogens is 1. The third-order valence-corrected chi connectivity index (χ3v) is 3.75. The van der Waals surface area contributed by atoms with E-state index in [0.717, 1.165) is 18.5 Å². The van der Waals surface area contributed by atoms with E-state index in [4.69, 9.17) is 0 Å². The maximum absolute atomic E-state index is 4.59. The summed E-state index contributed by atoms with van der Waals surface area (Å²) in [6.07, 6.45) is 2.98. The molecule has 3 rings (SSSR count). The van der Waals surface area contributed by atoms with Gasteiger partial charge in [-0.3, -0.25) is 4.98 Å². The maximum atomic E-state index is 4.59. The summed E-state index contributed by atoms with van der Waals surface area (Å²) in [7, 11) is 0. The standard InChI is InChI=1S/C19H20N2/c1-2-20-19(12-15-8-4-3-5-9-15)17-13-16-10-6-7-11-18(16)21-14-17/h3-11,13-14,19-20H,2,12H2,1H3. The molecule has 2 aromatic carbocycles. The van der Waals surface area contributed by atoms with Crippen LogP contribution < -0.4 is 5.32 Å². The zero-order valence-corrected chi connectivity index (χ0v) is 12.3. The number of benzene rings is 2. The minimum atomic E-state index is 0.300. The minimum absolute atomic E-state index is 0.300. The lowest BCUT2D eigenvalue weighted by atomic mass is 9.99. The third kappa shape index (κ3) is 3.29. The van der Waals surface area contributed by atoms with Gasteiger partial charge in [-0.1, -0.05) is 55.5 Å². The summed E-state index contributed by atoms with van der Waals surface area (Å²) in [5, 5.41) is 4.77. The molecule has 3 aromatic rings. The van der Waals surface area contributed by atoms with Crippen molar-refractivity contribution >= 4 is 10.9 Å². The summed E-state index contributed by atoms with van der Waals surface area (Å²) in [6, 6.07) is 21.4. The summed E-state index contributed by atoms with van der Waals surface area (Å²) in [5.41, 5.74) is 3.65. The van der Waals surface area contributed by atoms with Crippen LogP contribution in [0.4, 0.5) is 0 Å². The van der Waals surface area contributed by atoms with E-state index in [9.17, 15) is 0 Å². The average molecular weight is 276 g/mol. The predicted octanol–water partition coefficient (Wildman–Crippen LogP) is 4.13. The molecule has 1 N–H and O–H groups in total. The van der Waals surface area contributed by atoms with E-state index < -0.39 is 0 Å². The second-order valence-electron chi connectivity index (χ2n) is 5.26. The first-order valence-electron chi connectivity index (χ1n) is 7.49. The number of nitrogens with zero attached hydrogens (tertiary/aromatic N) is 1. The molecule has 0 aliphatic carbocycles. The molecule has 1 unspecified atom stereocenters. The fourth-order valence-electron chi connectivity index (χ4n) is 2.68. The molecule has 0 fully saturated rings. The second-order valence-corrected chi connectivity index (χ2v) is 5.26. The van der Waals surface area contributed by atoms with Crippen LogP contribution in [-0.4, -0.2) is 11.5 Å². The molecule has 0 radical (unpaired) electrons. The number of fused-ring (bicyclic) bond motifs is 1. The Balaban J connectivity index is 1.91. The van der Waals surface area contributed by atoms with E-state index in [2.05, 4.69) is 71.8 Å².